The number of nitrogens with one attached hydrogen (secondary N) is 1. The van der Waals surface area contributed by atoms with Gasteiger partial charge in [-0.1, -0.05) is 20.3 Å². The number of carbonyl (C=O) groups excluding carboxylic acids is 1. The van der Waals surface area contributed by atoms with Gasteiger partial charge in [0.25, 0.3) is 5.91 Å². The molecule has 0 radical (unpaired) electrons. The SMILES string of the molecule is CCC(C)CN(C)Cc1ccsc1C(=O)NN. The van der Waals surface area contributed by atoms with Gasteiger partial charge in [-0.25, -0.2) is 5.84 Å². The van der Waals surface area contributed by atoms with E-state index in [0.29, 0.717) is 10.8 Å². The first-order chi connectivity index (χ1) is 8.08. The monoisotopic (exact) mass is 255 g/mol. The number of nitrogen functional groups attached to an aromatic ring is 1. The molecule has 1 amide bonds. The van der Waals surface area contributed by atoms with Gasteiger partial charge in [0.15, 0.2) is 0 Å². The van der Waals surface area contributed by atoms with Gasteiger partial charge in [-0.15, -0.1) is 11.3 Å². The number of hydrazine groups is 1. The lowest BCUT2D eigenvalue weighted by atomic mass is 10.1. The van der Waals surface area contributed by atoms with Crippen LogP contribution >= 0.6 is 11.3 Å². The van der Waals surface area contributed by atoms with Crippen molar-refractivity contribution >= 4 is 17.2 Å². The molecule has 1 heterocycles. The molecule has 0 aliphatic heterocycles. The van der Waals surface area contributed by atoms with Crippen molar-refractivity contribution in [2.24, 2.45) is 11.8 Å². The minimum absolute atomic E-state index is 0.202. The van der Waals surface area contributed by atoms with Crippen LogP contribution in [-0.4, -0.2) is 24.4 Å². The van der Waals surface area contributed by atoms with Gasteiger partial charge >= 0.3 is 0 Å². The van der Waals surface area contributed by atoms with Gasteiger partial charge in [-0.3, -0.25) is 10.2 Å². The summed E-state index contributed by atoms with van der Waals surface area (Å²) in [5, 5.41) is 1.93. The van der Waals surface area contributed by atoms with Crippen LogP contribution in [0.15, 0.2) is 11.4 Å². The molecule has 1 atom stereocenters. The maximum Gasteiger partial charge on any atom is 0.275 e. The number of nitrogens with zero attached hydrogens (tertiary/aromatic N) is 1. The van der Waals surface area contributed by atoms with Crippen molar-refractivity contribution in [1.29, 1.82) is 0 Å². The Morgan fingerprint density at radius 1 is 1.65 bits per heavy atom. The average Bonchev–Trinajstić information content (AvgIpc) is 2.75. The number of hydrogen-bond donors (Lipinski definition) is 2. The molecule has 0 fully saturated rings. The topological polar surface area (TPSA) is 58.4 Å². The molecule has 17 heavy (non-hydrogen) atoms. The molecular formula is C12H21N3OS. The lowest BCUT2D eigenvalue weighted by molar-refractivity contribution is 0.0956. The third-order valence-electron chi connectivity index (χ3n) is 2.84. The number of thiophene rings is 1. The quantitative estimate of drug-likeness (QED) is 0.463. The molecule has 4 nitrogen and oxygen atoms in total. The normalized spacial score (nSPS) is 12.8. The van der Waals surface area contributed by atoms with E-state index in [2.05, 4.69) is 31.2 Å². The molecule has 0 spiro atoms. The zero-order valence-corrected chi connectivity index (χ0v) is 11.5. The average molecular weight is 255 g/mol. The van der Waals surface area contributed by atoms with E-state index in [1.807, 2.05) is 11.4 Å². The molecule has 0 aliphatic rings. The van der Waals surface area contributed by atoms with Crippen molar-refractivity contribution < 1.29 is 4.79 Å². The first kappa shape index (κ1) is 14.2. The smallest absolute Gasteiger partial charge is 0.275 e. The second kappa shape index (κ2) is 6.74. The fraction of sp³-hybridized carbons (Fsp3) is 0.583. The fourth-order valence-electron chi connectivity index (χ4n) is 1.74. The lowest BCUT2D eigenvalue weighted by Gasteiger charge is -2.20. The van der Waals surface area contributed by atoms with Crippen molar-refractivity contribution in [2.75, 3.05) is 13.6 Å². The first-order valence-corrected chi connectivity index (χ1v) is 6.72. The van der Waals surface area contributed by atoms with Gasteiger partial charge in [0.05, 0.1) is 4.88 Å². The summed E-state index contributed by atoms with van der Waals surface area (Å²) in [6.07, 6.45) is 1.17. The highest BCUT2D eigenvalue weighted by Gasteiger charge is 2.14. The van der Waals surface area contributed by atoms with Crippen LogP contribution in [0.4, 0.5) is 0 Å². The summed E-state index contributed by atoms with van der Waals surface area (Å²) in [5.74, 6) is 5.63. The second-order valence-electron chi connectivity index (χ2n) is 4.46. The van der Waals surface area contributed by atoms with Crippen LogP contribution in [0.5, 0.6) is 0 Å². The molecule has 1 aromatic heterocycles. The van der Waals surface area contributed by atoms with Gasteiger partial charge in [-0.05, 0) is 30.0 Å². The third kappa shape index (κ3) is 4.11. The van der Waals surface area contributed by atoms with Crippen LogP contribution in [0.25, 0.3) is 0 Å². The Balaban J connectivity index is 2.62. The van der Waals surface area contributed by atoms with E-state index in [4.69, 9.17) is 5.84 Å². The van der Waals surface area contributed by atoms with E-state index in [0.717, 1.165) is 18.7 Å². The number of nitrogens with two attached hydrogens (primary N) is 1. The van der Waals surface area contributed by atoms with Gasteiger partial charge in [0, 0.05) is 13.1 Å². The number of amides is 1. The van der Waals surface area contributed by atoms with E-state index in [1.165, 1.54) is 17.8 Å². The largest absolute Gasteiger partial charge is 0.302 e. The molecule has 1 aromatic rings. The fourth-order valence-corrected chi connectivity index (χ4v) is 2.56. The summed E-state index contributed by atoms with van der Waals surface area (Å²) in [6, 6.07) is 1.99. The summed E-state index contributed by atoms with van der Waals surface area (Å²) in [5.41, 5.74) is 3.23. The summed E-state index contributed by atoms with van der Waals surface area (Å²) in [6.45, 7) is 6.25. The van der Waals surface area contributed by atoms with E-state index < -0.39 is 0 Å². The third-order valence-corrected chi connectivity index (χ3v) is 3.80. The molecule has 0 bridgehead atoms. The standard InChI is InChI=1S/C12H21N3OS/c1-4-9(2)7-15(3)8-10-5-6-17-11(10)12(16)14-13/h5-6,9H,4,7-8,13H2,1-3H3,(H,14,16). The maximum atomic E-state index is 11.5. The van der Waals surface area contributed by atoms with Crippen molar-refractivity contribution in [2.45, 2.75) is 26.8 Å². The van der Waals surface area contributed by atoms with Crippen LogP contribution in [0.2, 0.25) is 0 Å². The molecular weight excluding hydrogens is 234 g/mol. The van der Waals surface area contributed by atoms with Crippen molar-refractivity contribution in [3.63, 3.8) is 0 Å². The lowest BCUT2D eigenvalue weighted by Crippen LogP contribution is -2.31. The van der Waals surface area contributed by atoms with Crippen molar-refractivity contribution in [3.05, 3.63) is 21.9 Å². The van der Waals surface area contributed by atoms with Crippen LogP contribution in [0, 0.1) is 5.92 Å². The van der Waals surface area contributed by atoms with Crippen molar-refractivity contribution in [1.82, 2.24) is 10.3 Å². The Labute approximate surface area is 107 Å². The molecule has 0 aromatic carbocycles. The Kier molecular flexibility index (Phi) is 5.61. The predicted octanol–water partition coefficient (Wildman–Crippen LogP) is 1.83. The minimum atomic E-state index is -0.202. The number of hydrogen-bond acceptors (Lipinski definition) is 4. The van der Waals surface area contributed by atoms with Crippen LogP contribution < -0.4 is 11.3 Å². The summed E-state index contributed by atoms with van der Waals surface area (Å²) < 4.78 is 0. The summed E-state index contributed by atoms with van der Waals surface area (Å²) in [4.78, 5) is 14.5. The van der Waals surface area contributed by atoms with Crippen LogP contribution in [0.3, 0.4) is 0 Å². The van der Waals surface area contributed by atoms with E-state index in [9.17, 15) is 4.79 Å². The Bertz CT molecular complexity index is 364. The molecule has 1 rings (SSSR count). The van der Waals surface area contributed by atoms with Gasteiger partial charge in [0.1, 0.15) is 0 Å². The van der Waals surface area contributed by atoms with Gasteiger partial charge in [-0.2, -0.15) is 0 Å². The highest BCUT2D eigenvalue weighted by atomic mass is 32.1. The molecule has 3 N–H and O–H groups in total. The Morgan fingerprint density at radius 3 is 2.94 bits per heavy atom. The molecule has 1 unspecified atom stereocenters. The van der Waals surface area contributed by atoms with Crippen LogP contribution in [-0.2, 0) is 6.54 Å². The maximum absolute atomic E-state index is 11.5. The molecule has 96 valence electrons. The number of rotatable bonds is 6. The van der Waals surface area contributed by atoms with Crippen molar-refractivity contribution in [3.8, 4) is 0 Å². The summed E-state index contributed by atoms with van der Waals surface area (Å²) in [7, 11) is 2.08. The molecule has 5 heteroatoms. The van der Waals surface area contributed by atoms with Crippen LogP contribution in [0.1, 0.15) is 35.5 Å². The minimum Gasteiger partial charge on any atom is -0.302 e. The molecule has 0 aliphatic carbocycles. The predicted molar refractivity (Wildman–Crippen MR) is 71.8 cm³/mol. The van der Waals surface area contributed by atoms with E-state index >= 15 is 0 Å². The zero-order chi connectivity index (χ0) is 12.8. The highest BCUT2D eigenvalue weighted by molar-refractivity contribution is 7.12. The van der Waals surface area contributed by atoms with E-state index in [-0.39, 0.29) is 5.91 Å². The first-order valence-electron chi connectivity index (χ1n) is 5.84. The Morgan fingerprint density at radius 2 is 2.35 bits per heavy atom. The Hall–Kier alpha value is -0.910. The summed E-state index contributed by atoms with van der Waals surface area (Å²) >= 11 is 1.43. The molecule has 0 saturated heterocycles. The second-order valence-corrected chi connectivity index (χ2v) is 5.37. The van der Waals surface area contributed by atoms with Gasteiger partial charge in [0.2, 0.25) is 0 Å². The number of carbonyl (C=O) groups is 1. The van der Waals surface area contributed by atoms with Gasteiger partial charge < -0.3 is 4.90 Å². The molecule has 0 saturated carbocycles. The van der Waals surface area contributed by atoms with E-state index in [1.54, 1.807) is 0 Å². The zero-order valence-electron chi connectivity index (χ0n) is 10.7. The highest BCUT2D eigenvalue weighted by Crippen LogP contribution is 2.18.